The Morgan fingerprint density at radius 3 is 2.07 bits per heavy atom. The lowest BCUT2D eigenvalue weighted by molar-refractivity contribution is -0.132. The van der Waals surface area contributed by atoms with E-state index in [2.05, 4.69) is 35.5 Å². The van der Waals surface area contributed by atoms with E-state index in [1.54, 1.807) is 0 Å². The molecular weight excluding hydrogens is 388 g/mol. The lowest BCUT2D eigenvalue weighted by Gasteiger charge is -2.27. The first-order chi connectivity index (χ1) is 14.3. The third-order valence-electron chi connectivity index (χ3n) is 6.32. The molecule has 2 fully saturated rings. The Balaban J connectivity index is 0.000000672. The van der Waals surface area contributed by atoms with Gasteiger partial charge >= 0.3 is 0 Å². The zero-order valence-corrected chi connectivity index (χ0v) is 18.5. The smallest absolute Gasteiger partial charge is 0.290 e. The van der Waals surface area contributed by atoms with Gasteiger partial charge < -0.3 is 24.6 Å². The molecule has 2 aliphatic rings. The number of hydrogen-bond acceptors (Lipinski definition) is 5. The van der Waals surface area contributed by atoms with Crippen LogP contribution in [0.5, 0.6) is 0 Å². The van der Waals surface area contributed by atoms with Crippen LogP contribution in [0.1, 0.15) is 44.9 Å². The van der Waals surface area contributed by atoms with E-state index in [1.165, 1.54) is 25.7 Å². The van der Waals surface area contributed by atoms with Gasteiger partial charge in [0, 0.05) is 50.9 Å². The molecule has 2 unspecified atom stereocenters. The van der Waals surface area contributed by atoms with Crippen molar-refractivity contribution in [2.75, 3.05) is 21.1 Å². The first kappa shape index (κ1) is 25.6. The van der Waals surface area contributed by atoms with Crippen LogP contribution in [-0.2, 0) is 27.3 Å². The molecule has 1 amide bonds. The molecule has 4 atom stereocenters. The second kappa shape index (κ2) is 13.0. The fraction of sp³-hybridized carbons (Fsp3) is 0.714. The van der Waals surface area contributed by atoms with Crippen molar-refractivity contribution in [3.63, 3.8) is 0 Å². The van der Waals surface area contributed by atoms with Gasteiger partial charge in [-0.2, -0.15) is 0 Å². The number of amides is 1. The van der Waals surface area contributed by atoms with Gasteiger partial charge in [-0.05, 0) is 51.6 Å². The van der Waals surface area contributed by atoms with E-state index in [9.17, 15) is 4.79 Å². The maximum Gasteiger partial charge on any atom is 0.290 e. The minimum atomic E-state index is -0.250. The van der Waals surface area contributed by atoms with Gasteiger partial charge in [-0.15, -0.1) is 0 Å². The molecule has 9 heteroatoms. The molecule has 1 heterocycles. The molecule has 0 saturated heterocycles. The molecule has 0 radical (unpaired) electrons. The first-order valence-corrected chi connectivity index (χ1v) is 10.4. The Hall–Kier alpha value is -2.42. The second-order valence-corrected chi connectivity index (χ2v) is 8.09. The maximum atomic E-state index is 12.6. The number of carbonyl (C=O) groups excluding carboxylic acids is 1. The predicted octanol–water partition coefficient (Wildman–Crippen LogP) is 1.81. The zero-order valence-electron chi connectivity index (χ0n) is 18.5. The first-order valence-electron chi connectivity index (χ1n) is 10.4. The Morgan fingerprint density at radius 1 is 1.10 bits per heavy atom. The number of aromatic nitrogens is 2. The molecule has 2 aliphatic carbocycles. The van der Waals surface area contributed by atoms with Gasteiger partial charge in [0.1, 0.15) is 5.82 Å². The van der Waals surface area contributed by atoms with Crippen LogP contribution in [0.25, 0.3) is 0 Å². The van der Waals surface area contributed by atoms with E-state index < -0.39 is 0 Å². The highest BCUT2D eigenvalue weighted by molar-refractivity contribution is 5.76. The molecule has 170 valence electrons. The number of imidazole rings is 1. The van der Waals surface area contributed by atoms with Crippen molar-refractivity contribution in [3.05, 3.63) is 18.2 Å². The molecule has 2 saturated carbocycles. The van der Waals surface area contributed by atoms with E-state index in [-0.39, 0.29) is 18.9 Å². The van der Waals surface area contributed by atoms with Crippen molar-refractivity contribution in [2.24, 2.45) is 11.8 Å². The number of rotatable bonds is 6. The second-order valence-electron chi connectivity index (χ2n) is 8.09. The molecule has 9 nitrogen and oxygen atoms in total. The Kier molecular flexibility index (Phi) is 11.1. The normalized spacial score (nSPS) is 24.2. The van der Waals surface area contributed by atoms with Crippen LogP contribution in [0.15, 0.2) is 12.4 Å². The molecule has 30 heavy (non-hydrogen) atoms. The summed E-state index contributed by atoms with van der Waals surface area (Å²) in [5, 5.41) is 13.8. The van der Waals surface area contributed by atoms with Gasteiger partial charge in [0.25, 0.3) is 12.9 Å². The molecule has 3 rings (SSSR count). The van der Waals surface area contributed by atoms with Gasteiger partial charge in [-0.1, -0.05) is 6.92 Å². The average Bonchev–Trinajstić information content (AvgIpc) is 3.40. The van der Waals surface area contributed by atoms with Crippen molar-refractivity contribution in [2.45, 2.75) is 64.1 Å². The molecule has 1 aromatic heterocycles. The van der Waals surface area contributed by atoms with Crippen molar-refractivity contribution in [1.29, 1.82) is 0 Å². The number of carboxylic acid groups (broad SMARTS) is 2. The summed E-state index contributed by atoms with van der Waals surface area (Å²) in [4.78, 5) is 38.1. The third kappa shape index (κ3) is 7.12. The largest absolute Gasteiger partial charge is 0.483 e. The van der Waals surface area contributed by atoms with Crippen LogP contribution in [0, 0.1) is 11.8 Å². The lowest BCUT2D eigenvalue weighted by atomic mass is 10.0. The molecule has 0 aliphatic heterocycles. The number of carbonyl (C=O) groups is 3. The van der Waals surface area contributed by atoms with Crippen LogP contribution < -0.4 is 0 Å². The van der Waals surface area contributed by atoms with Crippen molar-refractivity contribution in [1.82, 2.24) is 19.4 Å². The molecule has 0 bridgehead atoms. The quantitative estimate of drug-likeness (QED) is 0.669. The Morgan fingerprint density at radius 2 is 1.60 bits per heavy atom. The van der Waals surface area contributed by atoms with E-state index in [1.807, 2.05) is 24.3 Å². The van der Waals surface area contributed by atoms with E-state index in [0.717, 1.165) is 36.7 Å². The number of fused-ring (bicyclic) bond motifs is 1. The molecule has 1 aromatic rings. The summed E-state index contributed by atoms with van der Waals surface area (Å²) in [5.74, 6) is 2.98. The van der Waals surface area contributed by atoms with Crippen LogP contribution in [0.2, 0.25) is 0 Å². The molecule has 0 spiro atoms. The Labute approximate surface area is 178 Å². The van der Waals surface area contributed by atoms with Crippen molar-refractivity contribution >= 4 is 18.9 Å². The summed E-state index contributed by atoms with van der Waals surface area (Å²) in [6, 6.07) is 1.19. The van der Waals surface area contributed by atoms with Crippen LogP contribution in [0.3, 0.4) is 0 Å². The van der Waals surface area contributed by atoms with E-state index >= 15 is 0 Å². The predicted molar refractivity (Wildman–Crippen MR) is 113 cm³/mol. The average molecular weight is 425 g/mol. The standard InChI is InChI=1S/C19H32N4O.2CH2O2/c1-5-18-20-7-9-23(18)8-6-19(24)22(4)17-12-14-10-16(21(2)3)11-15(14)13-17;2*2-1-3/h7,9,14-17H,5-6,8,10-13H2,1-4H3;2*1H,(H,2,3)/t14-,15+,16?,17?;;. The monoisotopic (exact) mass is 424 g/mol. The summed E-state index contributed by atoms with van der Waals surface area (Å²) in [6.07, 6.45) is 10.3. The summed E-state index contributed by atoms with van der Waals surface area (Å²) >= 11 is 0. The highest BCUT2D eigenvalue weighted by Crippen LogP contribution is 2.46. The van der Waals surface area contributed by atoms with Crippen LogP contribution in [-0.4, -0.2) is 81.6 Å². The lowest BCUT2D eigenvalue weighted by Crippen LogP contribution is -2.37. The number of hydrogen-bond donors (Lipinski definition) is 2. The summed E-state index contributed by atoms with van der Waals surface area (Å²) in [7, 11) is 6.39. The zero-order chi connectivity index (χ0) is 22.7. The van der Waals surface area contributed by atoms with Gasteiger partial charge in [-0.3, -0.25) is 14.4 Å². The van der Waals surface area contributed by atoms with Crippen molar-refractivity contribution < 1.29 is 24.6 Å². The van der Waals surface area contributed by atoms with Gasteiger partial charge in [0.15, 0.2) is 0 Å². The maximum absolute atomic E-state index is 12.6. The summed E-state index contributed by atoms with van der Waals surface area (Å²) < 4.78 is 2.11. The van der Waals surface area contributed by atoms with Gasteiger partial charge in [-0.25, -0.2) is 4.98 Å². The number of aryl methyl sites for hydroxylation is 2. The Bertz CT molecular complexity index is 644. The fourth-order valence-electron chi connectivity index (χ4n) is 4.74. The summed E-state index contributed by atoms with van der Waals surface area (Å²) in [5.41, 5.74) is 0. The SMILES string of the molecule is CCc1nccn1CCC(=O)N(C)C1C[C@H]2CC(N(C)C)C[C@H]2C1.O=CO.O=CO. The van der Waals surface area contributed by atoms with E-state index in [0.29, 0.717) is 12.5 Å². The highest BCUT2D eigenvalue weighted by Gasteiger charge is 2.43. The fourth-order valence-corrected chi connectivity index (χ4v) is 4.74. The third-order valence-corrected chi connectivity index (χ3v) is 6.32. The van der Waals surface area contributed by atoms with Crippen LogP contribution >= 0.6 is 0 Å². The van der Waals surface area contributed by atoms with Crippen molar-refractivity contribution in [3.8, 4) is 0 Å². The number of nitrogens with zero attached hydrogens (tertiary/aromatic N) is 4. The van der Waals surface area contributed by atoms with Gasteiger partial charge in [0.05, 0.1) is 0 Å². The topological polar surface area (TPSA) is 116 Å². The molecular formula is C21H36N4O5. The van der Waals surface area contributed by atoms with Gasteiger partial charge in [0.2, 0.25) is 5.91 Å². The highest BCUT2D eigenvalue weighted by atomic mass is 16.3. The minimum absolute atomic E-state index is 0.250. The summed E-state index contributed by atoms with van der Waals surface area (Å²) in [6.45, 7) is 2.35. The molecule has 2 N–H and O–H groups in total. The molecule has 0 aromatic carbocycles. The van der Waals surface area contributed by atoms with Crippen LogP contribution in [0.4, 0.5) is 0 Å². The van der Waals surface area contributed by atoms with E-state index in [4.69, 9.17) is 19.8 Å². The minimum Gasteiger partial charge on any atom is -0.483 e.